The quantitative estimate of drug-likeness (QED) is 0.290. The third-order valence-electron chi connectivity index (χ3n) is 7.49. The van der Waals surface area contributed by atoms with Crippen LogP contribution < -0.4 is 5.32 Å². The fraction of sp³-hybridized carbons (Fsp3) is 0.267. The standard InChI is InChI=1S/C30H28ClNO7/c1-16(32-27(33)23-24(28(34)35)26(30(38)39)25(23)29(36)37)22(15-17-7-13-21(31)14-8-17)20-11-9-19(10-12-20)18-5-3-2-4-6-18/h2-14,16,22-26H,15H2,1H3,(H,32,33)(H,34,35)(H,36,37)(H,38,39)/t16-,22-,23?,24-,25+,26?/m0/s1. The summed E-state index contributed by atoms with van der Waals surface area (Å²) in [4.78, 5) is 48.4. The molecule has 0 spiro atoms. The molecule has 39 heavy (non-hydrogen) atoms. The maximum Gasteiger partial charge on any atom is 0.308 e. The van der Waals surface area contributed by atoms with Gasteiger partial charge in [-0.05, 0) is 47.7 Å². The van der Waals surface area contributed by atoms with Crippen LogP contribution in [0.4, 0.5) is 0 Å². The van der Waals surface area contributed by atoms with Crippen molar-refractivity contribution in [2.45, 2.75) is 25.3 Å². The van der Waals surface area contributed by atoms with E-state index in [-0.39, 0.29) is 5.92 Å². The van der Waals surface area contributed by atoms with Gasteiger partial charge in [-0.2, -0.15) is 0 Å². The Kier molecular flexibility index (Phi) is 8.35. The first-order valence-corrected chi connectivity index (χ1v) is 12.8. The van der Waals surface area contributed by atoms with Crippen LogP contribution in [0.5, 0.6) is 0 Å². The van der Waals surface area contributed by atoms with E-state index < -0.39 is 53.5 Å². The van der Waals surface area contributed by atoms with E-state index in [4.69, 9.17) is 11.6 Å². The molecule has 4 N–H and O–H groups in total. The largest absolute Gasteiger partial charge is 0.481 e. The number of carboxylic acid groups (broad SMARTS) is 3. The highest BCUT2D eigenvalue weighted by atomic mass is 35.5. The second-order valence-electron chi connectivity index (χ2n) is 9.84. The van der Waals surface area contributed by atoms with Gasteiger partial charge < -0.3 is 20.6 Å². The first kappa shape index (κ1) is 27.9. The molecule has 0 radical (unpaired) electrons. The van der Waals surface area contributed by atoms with Gasteiger partial charge in [-0.3, -0.25) is 19.2 Å². The van der Waals surface area contributed by atoms with Crippen LogP contribution in [0, 0.1) is 23.7 Å². The second kappa shape index (κ2) is 11.7. The molecule has 0 heterocycles. The molecule has 1 aliphatic rings. The van der Waals surface area contributed by atoms with E-state index in [1.807, 2.05) is 66.7 Å². The predicted octanol–water partition coefficient (Wildman–Crippen LogP) is 4.57. The summed E-state index contributed by atoms with van der Waals surface area (Å²) < 4.78 is 0. The zero-order valence-corrected chi connectivity index (χ0v) is 21.8. The number of carbonyl (C=O) groups excluding carboxylic acids is 1. The molecule has 4 rings (SSSR count). The number of nitrogens with one attached hydrogen (secondary N) is 1. The van der Waals surface area contributed by atoms with Crippen molar-refractivity contribution < 1.29 is 34.5 Å². The molecule has 8 nitrogen and oxygen atoms in total. The molecule has 202 valence electrons. The van der Waals surface area contributed by atoms with E-state index in [1.54, 1.807) is 19.1 Å². The summed E-state index contributed by atoms with van der Waals surface area (Å²) in [5.74, 6) is -12.1. The Morgan fingerprint density at radius 2 is 1.21 bits per heavy atom. The zero-order valence-electron chi connectivity index (χ0n) is 21.0. The third-order valence-corrected chi connectivity index (χ3v) is 7.75. The van der Waals surface area contributed by atoms with Gasteiger partial charge in [0.1, 0.15) is 0 Å². The first-order valence-electron chi connectivity index (χ1n) is 12.5. The van der Waals surface area contributed by atoms with Gasteiger partial charge in [0.2, 0.25) is 5.91 Å². The van der Waals surface area contributed by atoms with Gasteiger partial charge in [0.05, 0.1) is 23.7 Å². The van der Waals surface area contributed by atoms with Gasteiger partial charge in [0.15, 0.2) is 0 Å². The van der Waals surface area contributed by atoms with Crippen molar-refractivity contribution in [1.82, 2.24) is 5.32 Å². The van der Waals surface area contributed by atoms with Crippen molar-refractivity contribution in [1.29, 1.82) is 0 Å². The topological polar surface area (TPSA) is 141 Å². The number of halogens is 1. The lowest BCUT2D eigenvalue weighted by Crippen LogP contribution is -2.62. The minimum Gasteiger partial charge on any atom is -0.481 e. The fourth-order valence-corrected chi connectivity index (χ4v) is 5.55. The van der Waals surface area contributed by atoms with Crippen LogP contribution >= 0.6 is 11.6 Å². The van der Waals surface area contributed by atoms with E-state index >= 15 is 0 Å². The molecule has 1 saturated carbocycles. The molecule has 3 aromatic carbocycles. The Hall–Kier alpha value is -4.17. The van der Waals surface area contributed by atoms with Crippen molar-refractivity contribution >= 4 is 35.4 Å². The summed E-state index contributed by atoms with van der Waals surface area (Å²) in [6.45, 7) is 1.77. The van der Waals surface area contributed by atoms with E-state index in [0.717, 1.165) is 22.3 Å². The van der Waals surface area contributed by atoms with Gasteiger partial charge in [0, 0.05) is 17.0 Å². The second-order valence-corrected chi connectivity index (χ2v) is 10.3. The summed E-state index contributed by atoms with van der Waals surface area (Å²) in [6, 6.07) is 24.5. The maximum absolute atomic E-state index is 13.3. The summed E-state index contributed by atoms with van der Waals surface area (Å²) >= 11 is 6.05. The lowest BCUT2D eigenvalue weighted by Gasteiger charge is -2.44. The van der Waals surface area contributed by atoms with Crippen molar-refractivity contribution in [3.8, 4) is 11.1 Å². The molecule has 9 heteroatoms. The molecule has 1 amide bonds. The Balaban J connectivity index is 1.61. The van der Waals surface area contributed by atoms with E-state index in [2.05, 4.69) is 5.32 Å². The highest BCUT2D eigenvalue weighted by molar-refractivity contribution is 6.30. The predicted molar refractivity (Wildman–Crippen MR) is 144 cm³/mol. The molecule has 0 aliphatic heterocycles. The Morgan fingerprint density at radius 1 is 0.718 bits per heavy atom. The number of carbonyl (C=O) groups is 4. The molecule has 0 aromatic heterocycles. The smallest absolute Gasteiger partial charge is 0.308 e. The number of aliphatic carboxylic acids is 3. The van der Waals surface area contributed by atoms with Gasteiger partial charge >= 0.3 is 17.9 Å². The van der Waals surface area contributed by atoms with E-state index in [0.29, 0.717) is 11.4 Å². The Morgan fingerprint density at radius 3 is 1.72 bits per heavy atom. The van der Waals surface area contributed by atoms with Crippen LogP contribution in [0.2, 0.25) is 5.02 Å². The monoisotopic (exact) mass is 549 g/mol. The number of benzene rings is 3. The third kappa shape index (κ3) is 5.96. The summed E-state index contributed by atoms with van der Waals surface area (Å²) in [7, 11) is 0. The van der Waals surface area contributed by atoms with Crippen LogP contribution in [0.25, 0.3) is 11.1 Å². The molecule has 2 unspecified atom stereocenters. The average molecular weight is 550 g/mol. The van der Waals surface area contributed by atoms with Crippen LogP contribution in [-0.2, 0) is 25.6 Å². The summed E-state index contributed by atoms with van der Waals surface area (Å²) in [5, 5.41) is 32.0. The molecule has 0 saturated heterocycles. The SMILES string of the molecule is C[C@H](NC(=O)C1[C@H](C(=O)O)C(C(=O)O)[C@@H]1C(=O)O)[C@H](Cc1ccc(Cl)cc1)c1ccc(-c2ccccc2)cc1. The van der Waals surface area contributed by atoms with Gasteiger partial charge in [-0.25, -0.2) is 0 Å². The molecule has 6 atom stereocenters. The Labute approximate surface area is 230 Å². The summed E-state index contributed by atoms with van der Waals surface area (Å²) in [5.41, 5.74) is 3.94. The number of hydrogen-bond donors (Lipinski definition) is 4. The number of hydrogen-bond acceptors (Lipinski definition) is 4. The van der Waals surface area contributed by atoms with E-state index in [9.17, 15) is 34.5 Å². The lowest BCUT2D eigenvalue weighted by atomic mass is 9.56. The summed E-state index contributed by atoms with van der Waals surface area (Å²) in [6.07, 6.45) is 0.510. The van der Waals surface area contributed by atoms with E-state index in [1.165, 1.54) is 0 Å². The number of carboxylic acids is 3. The highest BCUT2D eigenvalue weighted by Gasteiger charge is 2.64. The maximum atomic E-state index is 13.3. The number of rotatable bonds is 10. The van der Waals surface area contributed by atoms with Crippen molar-refractivity contribution in [2.75, 3.05) is 0 Å². The van der Waals surface area contributed by atoms with Crippen LogP contribution in [-0.4, -0.2) is 45.2 Å². The average Bonchev–Trinajstić information content (AvgIpc) is 2.87. The van der Waals surface area contributed by atoms with Crippen molar-refractivity contribution in [3.05, 3.63) is 95.0 Å². The molecular weight excluding hydrogens is 522 g/mol. The minimum atomic E-state index is -1.68. The fourth-order valence-electron chi connectivity index (χ4n) is 5.43. The van der Waals surface area contributed by atoms with Crippen LogP contribution in [0.3, 0.4) is 0 Å². The molecular formula is C30H28ClNO7. The molecule has 1 aliphatic carbocycles. The molecule has 0 bridgehead atoms. The zero-order chi connectivity index (χ0) is 28.3. The minimum absolute atomic E-state index is 0.262. The van der Waals surface area contributed by atoms with Crippen molar-refractivity contribution in [2.24, 2.45) is 23.7 Å². The van der Waals surface area contributed by atoms with Gasteiger partial charge in [-0.15, -0.1) is 0 Å². The Bertz CT molecular complexity index is 1340. The molecule has 3 aromatic rings. The highest BCUT2D eigenvalue weighted by Crippen LogP contribution is 2.47. The van der Waals surface area contributed by atoms with Crippen LogP contribution in [0.15, 0.2) is 78.9 Å². The first-order chi connectivity index (χ1) is 18.6. The van der Waals surface area contributed by atoms with Gasteiger partial charge in [-0.1, -0.05) is 78.3 Å². The number of amides is 1. The molecule has 1 fully saturated rings. The normalized spacial score (nSPS) is 21.7. The lowest BCUT2D eigenvalue weighted by molar-refractivity contribution is -0.187. The van der Waals surface area contributed by atoms with Gasteiger partial charge in [0.25, 0.3) is 0 Å². The van der Waals surface area contributed by atoms with Crippen molar-refractivity contribution in [3.63, 3.8) is 0 Å². The van der Waals surface area contributed by atoms with Crippen LogP contribution in [0.1, 0.15) is 24.0 Å².